The van der Waals surface area contributed by atoms with E-state index in [2.05, 4.69) is 18.7 Å². The highest BCUT2D eigenvalue weighted by Gasteiger charge is 2.37. The van der Waals surface area contributed by atoms with E-state index in [1.807, 2.05) is 0 Å². The minimum Gasteiger partial charge on any atom is -0.369 e. The molecular weight excluding hydrogens is 212 g/mol. The van der Waals surface area contributed by atoms with Gasteiger partial charge in [-0.25, -0.2) is 0 Å². The van der Waals surface area contributed by atoms with Crippen molar-refractivity contribution in [3.63, 3.8) is 0 Å². The number of piperidine rings is 1. The van der Waals surface area contributed by atoms with Crippen LogP contribution in [0.1, 0.15) is 52.4 Å². The van der Waals surface area contributed by atoms with Crippen molar-refractivity contribution in [1.29, 1.82) is 0 Å². The maximum absolute atomic E-state index is 11.2. The van der Waals surface area contributed by atoms with Gasteiger partial charge in [-0.15, -0.1) is 0 Å². The van der Waals surface area contributed by atoms with Gasteiger partial charge in [-0.1, -0.05) is 6.92 Å². The van der Waals surface area contributed by atoms with E-state index in [1.165, 1.54) is 25.7 Å². The summed E-state index contributed by atoms with van der Waals surface area (Å²) in [7, 11) is 0. The molecule has 1 aliphatic carbocycles. The van der Waals surface area contributed by atoms with E-state index in [0.29, 0.717) is 5.54 Å². The van der Waals surface area contributed by atoms with Gasteiger partial charge < -0.3 is 5.73 Å². The molecule has 0 aromatic rings. The van der Waals surface area contributed by atoms with Crippen LogP contribution in [0.3, 0.4) is 0 Å². The molecule has 1 saturated carbocycles. The van der Waals surface area contributed by atoms with Gasteiger partial charge in [0.05, 0.1) is 0 Å². The van der Waals surface area contributed by atoms with Crippen LogP contribution in [-0.4, -0.2) is 29.4 Å². The Bertz CT molecular complexity index is 274. The van der Waals surface area contributed by atoms with E-state index in [0.717, 1.165) is 31.8 Å². The Labute approximate surface area is 105 Å². The monoisotopic (exact) mass is 238 g/mol. The zero-order valence-corrected chi connectivity index (χ0v) is 11.2. The molecule has 0 bridgehead atoms. The van der Waals surface area contributed by atoms with Crippen molar-refractivity contribution in [3.05, 3.63) is 0 Å². The highest BCUT2D eigenvalue weighted by molar-refractivity contribution is 5.76. The molecule has 2 aliphatic rings. The van der Waals surface area contributed by atoms with Crippen molar-refractivity contribution in [3.8, 4) is 0 Å². The van der Waals surface area contributed by atoms with Gasteiger partial charge in [-0.2, -0.15) is 0 Å². The van der Waals surface area contributed by atoms with Crippen LogP contribution in [0.2, 0.25) is 0 Å². The van der Waals surface area contributed by atoms with Crippen LogP contribution in [0.4, 0.5) is 0 Å². The second-order valence-corrected chi connectivity index (χ2v) is 6.34. The number of nitrogens with zero attached hydrogens (tertiary/aromatic N) is 1. The number of hydrogen-bond acceptors (Lipinski definition) is 2. The number of likely N-dealkylation sites (tertiary alicyclic amines) is 1. The van der Waals surface area contributed by atoms with Gasteiger partial charge in [0.1, 0.15) is 0 Å². The molecule has 98 valence electrons. The molecule has 1 amide bonds. The lowest BCUT2D eigenvalue weighted by Gasteiger charge is -2.48. The third-order valence-corrected chi connectivity index (χ3v) is 5.01. The summed E-state index contributed by atoms with van der Waals surface area (Å²) < 4.78 is 0. The van der Waals surface area contributed by atoms with E-state index >= 15 is 0 Å². The van der Waals surface area contributed by atoms with Crippen LogP contribution in [0.5, 0.6) is 0 Å². The zero-order valence-electron chi connectivity index (χ0n) is 11.2. The number of rotatable bonds is 2. The molecular formula is C14H26N2O. The van der Waals surface area contributed by atoms with Gasteiger partial charge in [0.25, 0.3) is 0 Å². The molecule has 0 unspecified atom stereocenters. The SMILES string of the molecule is CC1CCC(C)(N2CCC(C(N)=O)CC2)CC1. The quantitative estimate of drug-likeness (QED) is 0.801. The fourth-order valence-corrected chi connectivity index (χ4v) is 3.40. The summed E-state index contributed by atoms with van der Waals surface area (Å²) in [5, 5.41) is 0. The molecule has 0 aromatic heterocycles. The highest BCUT2D eigenvalue weighted by Crippen LogP contribution is 2.37. The molecule has 17 heavy (non-hydrogen) atoms. The van der Waals surface area contributed by atoms with Gasteiger partial charge in [-0.3, -0.25) is 9.69 Å². The Hall–Kier alpha value is -0.570. The topological polar surface area (TPSA) is 46.3 Å². The molecule has 1 heterocycles. The average Bonchev–Trinajstić information content (AvgIpc) is 2.33. The molecule has 2 fully saturated rings. The summed E-state index contributed by atoms with van der Waals surface area (Å²) in [6.45, 7) is 6.87. The molecule has 2 N–H and O–H groups in total. The fourth-order valence-electron chi connectivity index (χ4n) is 3.40. The summed E-state index contributed by atoms with van der Waals surface area (Å²) in [6, 6.07) is 0. The van der Waals surface area contributed by atoms with Gasteiger partial charge in [0.15, 0.2) is 0 Å². The van der Waals surface area contributed by atoms with Crippen molar-refractivity contribution >= 4 is 5.91 Å². The molecule has 0 radical (unpaired) electrons. The summed E-state index contributed by atoms with van der Waals surface area (Å²) in [6.07, 6.45) is 7.25. The minimum absolute atomic E-state index is 0.105. The van der Waals surface area contributed by atoms with Gasteiger partial charge in [0, 0.05) is 11.5 Å². The van der Waals surface area contributed by atoms with Crippen LogP contribution in [-0.2, 0) is 4.79 Å². The maximum Gasteiger partial charge on any atom is 0.220 e. The van der Waals surface area contributed by atoms with E-state index in [1.54, 1.807) is 0 Å². The second-order valence-electron chi connectivity index (χ2n) is 6.34. The van der Waals surface area contributed by atoms with Crippen molar-refractivity contribution in [1.82, 2.24) is 4.90 Å². The lowest BCUT2D eigenvalue weighted by Crippen LogP contribution is -2.52. The predicted molar refractivity (Wildman–Crippen MR) is 69.5 cm³/mol. The van der Waals surface area contributed by atoms with Crippen LogP contribution < -0.4 is 5.73 Å². The molecule has 1 aliphatic heterocycles. The molecule has 0 atom stereocenters. The largest absolute Gasteiger partial charge is 0.369 e. The summed E-state index contributed by atoms with van der Waals surface area (Å²) in [4.78, 5) is 13.8. The van der Waals surface area contributed by atoms with E-state index in [9.17, 15) is 4.79 Å². The summed E-state index contributed by atoms with van der Waals surface area (Å²) in [5.74, 6) is 0.913. The molecule has 1 saturated heterocycles. The van der Waals surface area contributed by atoms with E-state index in [-0.39, 0.29) is 11.8 Å². The van der Waals surface area contributed by atoms with Gasteiger partial charge in [-0.05, 0) is 64.5 Å². The van der Waals surface area contributed by atoms with E-state index in [4.69, 9.17) is 5.73 Å². The summed E-state index contributed by atoms with van der Waals surface area (Å²) in [5.41, 5.74) is 5.77. The zero-order chi connectivity index (χ0) is 12.5. The second kappa shape index (κ2) is 4.97. The Kier molecular flexibility index (Phi) is 3.76. The normalized spacial score (nSPS) is 36.9. The lowest BCUT2D eigenvalue weighted by molar-refractivity contribution is -0.124. The van der Waals surface area contributed by atoms with Crippen molar-refractivity contribution < 1.29 is 4.79 Å². The third kappa shape index (κ3) is 2.82. The first kappa shape index (κ1) is 12.9. The first-order valence-corrected chi connectivity index (χ1v) is 7.05. The molecule has 2 rings (SSSR count). The predicted octanol–water partition coefficient (Wildman–Crippen LogP) is 2.15. The maximum atomic E-state index is 11.2. The average molecular weight is 238 g/mol. The number of carbonyl (C=O) groups is 1. The van der Waals surface area contributed by atoms with Crippen molar-refractivity contribution in [2.75, 3.05) is 13.1 Å². The Morgan fingerprint density at radius 1 is 1.18 bits per heavy atom. The first-order chi connectivity index (χ1) is 8.01. The number of primary amides is 1. The number of carbonyl (C=O) groups excluding carboxylic acids is 1. The lowest BCUT2D eigenvalue weighted by atomic mass is 9.76. The van der Waals surface area contributed by atoms with Crippen LogP contribution in [0.25, 0.3) is 0 Å². The number of amides is 1. The van der Waals surface area contributed by atoms with Crippen molar-refractivity contribution in [2.45, 2.75) is 57.9 Å². The van der Waals surface area contributed by atoms with Gasteiger partial charge >= 0.3 is 0 Å². The Morgan fingerprint density at radius 3 is 2.18 bits per heavy atom. The molecule has 0 spiro atoms. The Balaban J connectivity index is 1.89. The Morgan fingerprint density at radius 2 is 1.71 bits per heavy atom. The smallest absolute Gasteiger partial charge is 0.220 e. The molecule has 3 heteroatoms. The third-order valence-electron chi connectivity index (χ3n) is 5.01. The van der Waals surface area contributed by atoms with Crippen LogP contribution >= 0.6 is 0 Å². The fraction of sp³-hybridized carbons (Fsp3) is 0.929. The highest BCUT2D eigenvalue weighted by atomic mass is 16.1. The number of hydrogen-bond donors (Lipinski definition) is 1. The molecule has 0 aromatic carbocycles. The summed E-state index contributed by atoms with van der Waals surface area (Å²) >= 11 is 0. The van der Waals surface area contributed by atoms with E-state index < -0.39 is 0 Å². The number of nitrogens with two attached hydrogens (primary N) is 1. The van der Waals surface area contributed by atoms with Gasteiger partial charge in [0.2, 0.25) is 5.91 Å². The minimum atomic E-state index is -0.105. The van der Waals surface area contributed by atoms with Crippen LogP contribution in [0, 0.1) is 11.8 Å². The van der Waals surface area contributed by atoms with Crippen molar-refractivity contribution in [2.24, 2.45) is 17.6 Å². The molecule has 3 nitrogen and oxygen atoms in total. The first-order valence-electron chi connectivity index (χ1n) is 7.05. The standard InChI is InChI=1S/C14H26N2O/c1-11-3-7-14(2,8-4-11)16-9-5-12(6-10-16)13(15)17/h11-12H,3-10H2,1-2H3,(H2,15,17). The van der Waals surface area contributed by atoms with Crippen LogP contribution in [0.15, 0.2) is 0 Å².